The molecular formula is C15H16O3. The number of carboxylic acid groups (broad SMARTS) is 1. The molecule has 3 heteroatoms. The van der Waals surface area contributed by atoms with Gasteiger partial charge in [0.15, 0.2) is 6.10 Å². The van der Waals surface area contributed by atoms with Crippen molar-refractivity contribution in [2.45, 2.75) is 20.0 Å². The first kappa shape index (κ1) is 12.4. The Kier molecular flexibility index (Phi) is 3.51. The number of carbonyl (C=O) groups is 1. The fraction of sp³-hybridized carbons (Fsp3) is 0.267. The molecule has 1 N–H and O–H groups in total. The summed E-state index contributed by atoms with van der Waals surface area (Å²) in [5.74, 6) is -0.395. The molecule has 0 saturated carbocycles. The molecule has 1 unspecified atom stereocenters. The molecule has 0 radical (unpaired) electrons. The number of carboxylic acids is 1. The van der Waals surface area contributed by atoms with Gasteiger partial charge in [-0.3, -0.25) is 0 Å². The maximum atomic E-state index is 11.2. The van der Waals surface area contributed by atoms with E-state index in [9.17, 15) is 4.79 Å². The van der Waals surface area contributed by atoms with Crippen molar-refractivity contribution in [1.82, 2.24) is 0 Å². The van der Waals surface area contributed by atoms with Crippen molar-refractivity contribution in [3.8, 4) is 5.75 Å². The SMILES string of the molecule is CC(C)C(Oc1cccc2ccccc12)C(=O)O. The van der Waals surface area contributed by atoms with E-state index in [0.29, 0.717) is 5.75 Å². The Morgan fingerprint density at radius 3 is 2.44 bits per heavy atom. The molecule has 2 aromatic carbocycles. The summed E-state index contributed by atoms with van der Waals surface area (Å²) in [5, 5.41) is 11.1. The van der Waals surface area contributed by atoms with Crippen LogP contribution in [0.1, 0.15) is 13.8 Å². The molecule has 1 atom stereocenters. The quantitative estimate of drug-likeness (QED) is 0.897. The Labute approximate surface area is 106 Å². The summed E-state index contributed by atoms with van der Waals surface area (Å²) in [7, 11) is 0. The van der Waals surface area contributed by atoms with Gasteiger partial charge in [0.25, 0.3) is 0 Å². The van der Waals surface area contributed by atoms with Gasteiger partial charge >= 0.3 is 5.97 Å². The third-order valence-corrected chi connectivity index (χ3v) is 2.85. The Morgan fingerprint density at radius 2 is 1.78 bits per heavy atom. The van der Waals surface area contributed by atoms with Crippen LogP contribution < -0.4 is 4.74 Å². The molecule has 0 amide bonds. The van der Waals surface area contributed by atoms with Gasteiger partial charge < -0.3 is 9.84 Å². The minimum Gasteiger partial charge on any atom is -0.478 e. The molecule has 0 bridgehead atoms. The van der Waals surface area contributed by atoms with Gasteiger partial charge in [-0.15, -0.1) is 0 Å². The van der Waals surface area contributed by atoms with Crippen molar-refractivity contribution >= 4 is 16.7 Å². The minimum absolute atomic E-state index is 0.0820. The second-order valence-corrected chi connectivity index (χ2v) is 4.60. The van der Waals surface area contributed by atoms with E-state index in [2.05, 4.69) is 0 Å². The standard InChI is InChI=1S/C15H16O3/c1-10(2)14(15(16)17)18-13-9-5-7-11-6-3-4-8-12(11)13/h3-10,14H,1-2H3,(H,16,17). The number of fused-ring (bicyclic) bond motifs is 1. The van der Waals surface area contributed by atoms with Crippen molar-refractivity contribution in [2.24, 2.45) is 5.92 Å². The Bertz CT molecular complexity index is 555. The normalized spacial score (nSPS) is 12.6. The summed E-state index contributed by atoms with van der Waals surface area (Å²) in [6.45, 7) is 3.67. The van der Waals surface area contributed by atoms with Crippen molar-refractivity contribution < 1.29 is 14.6 Å². The summed E-state index contributed by atoms with van der Waals surface area (Å²) in [5.41, 5.74) is 0. The highest BCUT2D eigenvalue weighted by Gasteiger charge is 2.23. The average Bonchev–Trinajstić information content (AvgIpc) is 2.35. The van der Waals surface area contributed by atoms with Crippen molar-refractivity contribution in [1.29, 1.82) is 0 Å². The van der Waals surface area contributed by atoms with Crippen LogP contribution in [0.25, 0.3) is 10.8 Å². The summed E-state index contributed by atoms with van der Waals surface area (Å²) < 4.78 is 5.65. The molecule has 0 aliphatic rings. The van der Waals surface area contributed by atoms with Crippen molar-refractivity contribution in [2.75, 3.05) is 0 Å². The molecular weight excluding hydrogens is 228 g/mol. The zero-order chi connectivity index (χ0) is 13.1. The second-order valence-electron chi connectivity index (χ2n) is 4.60. The van der Waals surface area contributed by atoms with Gasteiger partial charge in [0.1, 0.15) is 5.75 Å². The number of benzene rings is 2. The van der Waals surface area contributed by atoms with Crippen molar-refractivity contribution in [3.05, 3.63) is 42.5 Å². The molecule has 0 saturated heterocycles. The maximum absolute atomic E-state index is 11.2. The maximum Gasteiger partial charge on any atom is 0.345 e. The van der Waals surface area contributed by atoms with E-state index in [1.165, 1.54) is 0 Å². The van der Waals surface area contributed by atoms with Gasteiger partial charge in [0.05, 0.1) is 0 Å². The Balaban J connectivity index is 2.39. The highest BCUT2D eigenvalue weighted by Crippen LogP contribution is 2.27. The fourth-order valence-electron chi connectivity index (χ4n) is 1.91. The van der Waals surface area contributed by atoms with E-state index in [4.69, 9.17) is 9.84 Å². The topological polar surface area (TPSA) is 46.5 Å². The summed E-state index contributed by atoms with van der Waals surface area (Å²) in [6, 6.07) is 13.4. The van der Waals surface area contributed by atoms with Crippen LogP contribution in [0.3, 0.4) is 0 Å². The van der Waals surface area contributed by atoms with E-state index in [1.807, 2.05) is 50.2 Å². The molecule has 18 heavy (non-hydrogen) atoms. The Morgan fingerprint density at radius 1 is 1.11 bits per heavy atom. The number of aliphatic carboxylic acids is 1. The van der Waals surface area contributed by atoms with Crippen molar-refractivity contribution in [3.63, 3.8) is 0 Å². The smallest absolute Gasteiger partial charge is 0.345 e. The predicted molar refractivity (Wildman–Crippen MR) is 70.8 cm³/mol. The predicted octanol–water partition coefficient (Wildman–Crippen LogP) is 3.33. The van der Waals surface area contributed by atoms with Crippen LogP contribution in [0.2, 0.25) is 0 Å². The first-order chi connectivity index (χ1) is 8.59. The minimum atomic E-state index is -0.932. The van der Waals surface area contributed by atoms with Gasteiger partial charge in [-0.25, -0.2) is 4.79 Å². The zero-order valence-corrected chi connectivity index (χ0v) is 10.5. The molecule has 0 fully saturated rings. The third kappa shape index (κ3) is 2.45. The van der Waals surface area contributed by atoms with E-state index >= 15 is 0 Å². The van der Waals surface area contributed by atoms with Crippen LogP contribution in [0.4, 0.5) is 0 Å². The van der Waals surface area contributed by atoms with Crippen LogP contribution in [0, 0.1) is 5.92 Å². The Hall–Kier alpha value is -2.03. The molecule has 2 aromatic rings. The molecule has 0 spiro atoms. The summed E-state index contributed by atoms with van der Waals surface area (Å²) in [6.07, 6.45) is -0.823. The summed E-state index contributed by atoms with van der Waals surface area (Å²) in [4.78, 5) is 11.2. The van der Waals surface area contributed by atoms with Crippen LogP contribution in [0.5, 0.6) is 5.75 Å². The van der Waals surface area contributed by atoms with Gasteiger partial charge in [0.2, 0.25) is 0 Å². The van der Waals surface area contributed by atoms with Gasteiger partial charge in [-0.1, -0.05) is 50.2 Å². The lowest BCUT2D eigenvalue weighted by Gasteiger charge is -2.19. The molecule has 2 rings (SSSR count). The number of hydrogen-bond acceptors (Lipinski definition) is 2. The van der Waals surface area contributed by atoms with E-state index in [-0.39, 0.29) is 5.92 Å². The van der Waals surface area contributed by atoms with Gasteiger partial charge in [-0.2, -0.15) is 0 Å². The lowest BCUT2D eigenvalue weighted by molar-refractivity contribution is -0.147. The number of ether oxygens (including phenoxy) is 1. The molecule has 94 valence electrons. The van der Waals surface area contributed by atoms with Gasteiger partial charge in [-0.05, 0) is 11.5 Å². The second kappa shape index (κ2) is 5.08. The van der Waals surface area contributed by atoms with E-state index in [0.717, 1.165) is 10.8 Å². The van der Waals surface area contributed by atoms with Crippen LogP contribution >= 0.6 is 0 Å². The average molecular weight is 244 g/mol. The zero-order valence-electron chi connectivity index (χ0n) is 10.5. The lowest BCUT2D eigenvalue weighted by atomic mass is 10.1. The largest absolute Gasteiger partial charge is 0.478 e. The fourth-order valence-corrected chi connectivity index (χ4v) is 1.91. The number of rotatable bonds is 4. The third-order valence-electron chi connectivity index (χ3n) is 2.85. The monoisotopic (exact) mass is 244 g/mol. The molecule has 0 heterocycles. The highest BCUT2D eigenvalue weighted by molar-refractivity contribution is 5.88. The van der Waals surface area contributed by atoms with Crippen LogP contribution in [-0.2, 0) is 4.79 Å². The first-order valence-corrected chi connectivity index (χ1v) is 5.97. The molecule has 0 aliphatic heterocycles. The molecule has 3 nitrogen and oxygen atoms in total. The highest BCUT2D eigenvalue weighted by atomic mass is 16.5. The summed E-state index contributed by atoms with van der Waals surface area (Å²) >= 11 is 0. The van der Waals surface area contributed by atoms with E-state index < -0.39 is 12.1 Å². The van der Waals surface area contributed by atoms with E-state index in [1.54, 1.807) is 6.07 Å². The molecule has 0 aromatic heterocycles. The van der Waals surface area contributed by atoms with Crippen LogP contribution in [0.15, 0.2) is 42.5 Å². The lowest BCUT2D eigenvalue weighted by Crippen LogP contribution is -2.32. The van der Waals surface area contributed by atoms with Crippen LogP contribution in [-0.4, -0.2) is 17.2 Å². The molecule has 0 aliphatic carbocycles. The number of hydrogen-bond donors (Lipinski definition) is 1. The van der Waals surface area contributed by atoms with Gasteiger partial charge in [0, 0.05) is 11.3 Å². The first-order valence-electron chi connectivity index (χ1n) is 5.97.